The number of rotatable bonds is 4. The first-order valence-electron chi connectivity index (χ1n) is 2.87. The van der Waals surface area contributed by atoms with E-state index < -0.39 is 0 Å². The van der Waals surface area contributed by atoms with Crippen molar-refractivity contribution in [3.63, 3.8) is 0 Å². The van der Waals surface area contributed by atoms with Gasteiger partial charge < -0.3 is 11.5 Å². The van der Waals surface area contributed by atoms with Crippen LogP contribution < -0.4 is 11.5 Å². The van der Waals surface area contributed by atoms with Gasteiger partial charge in [-0.1, -0.05) is 0 Å². The van der Waals surface area contributed by atoms with Crippen LogP contribution in [-0.4, -0.2) is 18.3 Å². The molecule has 1 unspecified atom stereocenters. The third kappa shape index (κ3) is 4.43. The Morgan fingerprint density at radius 2 is 2.12 bits per heavy atom. The van der Waals surface area contributed by atoms with Crippen LogP contribution in [0, 0.1) is 0 Å². The molecule has 1 atom stereocenters. The molecule has 4 N–H and O–H groups in total. The first-order valence-corrected chi connectivity index (χ1v) is 3.51. The minimum absolute atomic E-state index is 0.238. The zero-order valence-electron chi connectivity index (χ0n) is 5.01. The van der Waals surface area contributed by atoms with Gasteiger partial charge in [0.25, 0.3) is 0 Å². The highest BCUT2D eigenvalue weighted by atomic mass is 32.1. The largest absolute Gasteiger partial charge is 0.330 e. The Kier molecular flexibility index (Phi) is 5.59. The molecule has 0 saturated heterocycles. The van der Waals surface area contributed by atoms with Crippen LogP contribution in [-0.2, 0) is 0 Å². The molecular weight excluding hydrogens is 120 g/mol. The van der Waals surface area contributed by atoms with E-state index in [0.717, 1.165) is 25.1 Å². The van der Waals surface area contributed by atoms with Gasteiger partial charge in [0.05, 0.1) is 0 Å². The van der Waals surface area contributed by atoms with E-state index in [1.54, 1.807) is 0 Å². The minimum Gasteiger partial charge on any atom is -0.330 e. The summed E-state index contributed by atoms with van der Waals surface area (Å²) in [6.07, 6.45) is 2.02. The first kappa shape index (κ1) is 8.27. The third-order valence-electron chi connectivity index (χ3n) is 1.01. The van der Waals surface area contributed by atoms with Crippen molar-refractivity contribution >= 4 is 12.6 Å². The lowest BCUT2D eigenvalue weighted by Gasteiger charge is -2.04. The second-order valence-electron chi connectivity index (χ2n) is 1.87. The van der Waals surface area contributed by atoms with Crippen molar-refractivity contribution in [2.45, 2.75) is 18.9 Å². The minimum atomic E-state index is 0.238. The van der Waals surface area contributed by atoms with Crippen molar-refractivity contribution in [3.05, 3.63) is 0 Å². The Bertz CT molecular complexity index is 49.7. The fourth-order valence-corrected chi connectivity index (χ4v) is 0.654. The fraction of sp³-hybridized carbons (Fsp3) is 1.00. The Morgan fingerprint density at radius 3 is 2.50 bits per heavy atom. The van der Waals surface area contributed by atoms with E-state index in [4.69, 9.17) is 11.5 Å². The second kappa shape index (κ2) is 5.41. The molecule has 0 amide bonds. The lowest BCUT2D eigenvalue weighted by Crippen LogP contribution is -2.22. The van der Waals surface area contributed by atoms with E-state index in [1.807, 2.05) is 0 Å². The molecule has 0 aromatic rings. The van der Waals surface area contributed by atoms with Gasteiger partial charge in [-0.15, -0.1) is 0 Å². The van der Waals surface area contributed by atoms with Crippen molar-refractivity contribution in [1.82, 2.24) is 0 Å². The molecule has 0 aliphatic carbocycles. The highest BCUT2D eigenvalue weighted by Crippen LogP contribution is 1.93. The van der Waals surface area contributed by atoms with Gasteiger partial charge in [-0.3, -0.25) is 0 Å². The maximum Gasteiger partial charge on any atom is 0.0128 e. The average Bonchev–Trinajstić information content (AvgIpc) is 1.83. The molecule has 0 aromatic carbocycles. The maximum absolute atomic E-state index is 5.53. The van der Waals surface area contributed by atoms with Crippen LogP contribution >= 0.6 is 12.6 Å². The van der Waals surface area contributed by atoms with Crippen LogP contribution in [0.3, 0.4) is 0 Å². The van der Waals surface area contributed by atoms with Gasteiger partial charge in [0.2, 0.25) is 0 Å². The van der Waals surface area contributed by atoms with E-state index in [9.17, 15) is 0 Å². The molecule has 0 rings (SSSR count). The molecule has 50 valence electrons. The Labute approximate surface area is 56.0 Å². The molecule has 8 heavy (non-hydrogen) atoms. The third-order valence-corrected chi connectivity index (χ3v) is 1.48. The molecule has 2 nitrogen and oxygen atoms in total. The summed E-state index contributed by atoms with van der Waals surface area (Å²) >= 11 is 4.02. The number of hydrogen-bond donors (Lipinski definition) is 3. The molecule has 0 heterocycles. The van der Waals surface area contributed by atoms with Gasteiger partial charge in [-0.2, -0.15) is 12.6 Å². The highest BCUT2D eigenvalue weighted by molar-refractivity contribution is 7.80. The maximum atomic E-state index is 5.53. The van der Waals surface area contributed by atoms with E-state index in [-0.39, 0.29) is 6.04 Å². The van der Waals surface area contributed by atoms with Crippen molar-refractivity contribution in [2.24, 2.45) is 11.5 Å². The summed E-state index contributed by atoms with van der Waals surface area (Å²) in [5.41, 5.74) is 10.8. The summed E-state index contributed by atoms with van der Waals surface area (Å²) in [5.74, 6) is 0.764. The quantitative estimate of drug-likeness (QED) is 0.473. The SMILES string of the molecule is NCCCC(N)CS. The molecule has 0 aliphatic rings. The summed E-state index contributed by atoms with van der Waals surface area (Å²) in [7, 11) is 0. The lowest BCUT2D eigenvalue weighted by atomic mass is 10.2. The van der Waals surface area contributed by atoms with Crippen LogP contribution in [0.1, 0.15) is 12.8 Å². The highest BCUT2D eigenvalue weighted by Gasteiger charge is 1.95. The standard InChI is InChI=1S/C5H14N2S/c6-3-1-2-5(7)4-8/h5,8H,1-4,6-7H2. The van der Waals surface area contributed by atoms with Gasteiger partial charge in [0.1, 0.15) is 0 Å². The molecule has 0 aromatic heterocycles. The van der Waals surface area contributed by atoms with E-state index in [2.05, 4.69) is 12.6 Å². The zero-order valence-corrected chi connectivity index (χ0v) is 5.90. The lowest BCUT2D eigenvalue weighted by molar-refractivity contribution is 0.639. The molecule has 0 fully saturated rings. The fourth-order valence-electron chi connectivity index (χ4n) is 0.471. The van der Waals surface area contributed by atoms with E-state index in [0.29, 0.717) is 0 Å². The first-order chi connectivity index (χ1) is 3.81. The molecule has 0 radical (unpaired) electrons. The topological polar surface area (TPSA) is 52.0 Å². The molecule has 3 heteroatoms. The number of thiol groups is 1. The Hall–Kier alpha value is 0.270. The zero-order chi connectivity index (χ0) is 6.41. The van der Waals surface area contributed by atoms with Gasteiger partial charge in [-0.25, -0.2) is 0 Å². The predicted molar refractivity (Wildman–Crippen MR) is 40.1 cm³/mol. The van der Waals surface area contributed by atoms with Gasteiger partial charge in [-0.05, 0) is 19.4 Å². The molecule has 0 spiro atoms. The summed E-state index contributed by atoms with van der Waals surface area (Å²) in [6.45, 7) is 0.738. The molecule has 0 bridgehead atoms. The second-order valence-corrected chi connectivity index (χ2v) is 2.24. The van der Waals surface area contributed by atoms with Crippen molar-refractivity contribution in [1.29, 1.82) is 0 Å². The summed E-state index contributed by atoms with van der Waals surface area (Å²) < 4.78 is 0. The summed E-state index contributed by atoms with van der Waals surface area (Å²) in [6, 6.07) is 0.238. The Morgan fingerprint density at radius 1 is 1.50 bits per heavy atom. The molecular formula is C5H14N2S. The van der Waals surface area contributed by atoms with E-state index >= 15 is 0 Å². The molecule has 0 aliphatic heterocycles. The average molecular weight is 134 g/mol. The van der Waals surface area contributed by atoms with Crippen LogP contribution in [0.5, 0.6) is 0 Å². The van der Waals surface area contributed by atoms with Crippen LogP contribution in [0.2, 0.25) is 0 Å². The molecule has 0 saturated carbocycles. The van der Waals surface area contributed by atoms with Crippen LogP contribution in [0.15, 0.2) is 0 Å². The number of nitrogens with two attached hydrogens (primary N) is 2. The van der Waals surface area contributed by atoms with Crippen molar-refractivity contribution < 1.29 is 0 Å². The smallest absolute Gasteiger partial charge is 0.0128 e. The number of hydrogen-bond acceptors (Lipinski definition) is 3. The van der Waals surface area contributed by atoms with Crippen molar-refractivity contribution in [3.8, 4) is 0 Å². The van der Waals surface area contributed by atoms with Crippen molar-refractivity contribution in [2.75, 3.05) is 12.3 Å². The van der Waals surface area contributed by atoms with E-state index in [1.165, 1.54) is 0 Å². The van der Waals surface area contributed by atoms with Gasteiger partial charge >= 0.3 is 0 Å². The normalized spacial score (nSPS) is 13.9. The van der Waals surface area contributed by atoms with Gasteiger partial charge in [0, 0.05) is 11.8 Å². The van der Waals surface area contributed by atoms with Crippen LogP contribution in [0.4, 0.5) is 0 Å². The van der Waals surface area contributed by atoms with Crippen LogP contribution in [0.25, 0.3) is 0 Å². The Balaban J connectivity index is 2.86. The van der Waals surface area contributed by atoms with Gasteiger partial charge in [0.15, 0.2) is 0 Å². The summed E-state index contributed by atoms with van der Waals surface area (Å²) in [4.78, 5) is 0. The monoisotopic (exact) mass is 134 g/mol. The summed E-state index contributed by atoms with van der Waals surface area (Å²) in [5, 5.41) is 0. The predicted octanol–water partition coefficient (Wildman–Crippen LogP) is -0.0176.